The van der Waals surface area contributed by atoms with Gasteiger partial charge in [0.15, 0.2) is 0 Å². The van der Waals surface area contributed by atoms with Crippen molar-refractivity contribution in [3.05, 3.63) is 6.42 Å². The summed E-state index contributed by atoms with van der Waals surface area (Å²) in [6.07, 6.45) is 4.33. The van der Waals surface area contributed by atoms with Crippen molar-refractivity contribution >= 4 is 0 Å². The highest BCUT2D eigenvalue weighted by Gasteiger charge is 2.21. The molecule has 0 aromatic heterocycles. The van der Waals surface area contributed by atoms with E-state index in [9.17, 15) is 0 Å². The van der Waals surface area contributed by atoms with Gasteiger partial charge in [0.05, 0.1) is 6.61 Å². The highest BCUT2D eigenvalue weighted by atomic mass is 16.5. The summed E-state index contributed by atoms with van der Waals surface area (Å²) in [5, 5.41) is 0. The van der Waals surface area contributed by atoms with Crippen LogP contribution in [0.25, 0.3) is 0 Å². The van der Waals surface area contributed by atoms with Crippen molar-refractivity contribution in [2.75, 3.05) is 13.2 Å². The first-order chi connectivity index (χ1) is 3.71. The summed E-state index contributed by atoms with van der Waals surface area (Å²) in [5.41, 5.74) is 0.207. The monoisotopic (exact) mass is 112 g/mol. The molecule has 1 rings (SSSR count). The number of hydrogen-bond acceptors (Lipinski definition) is 1. The molecule has 0 unspecified atom stereocenters. The summed E-state index contributed by atoms with van der Waals surface area (Å²) in [7, 11) is 0. The Morgan fingerprint density at radius 3 is 2.50 bits per heavy atom. The summed E-state index contributed by atoms with van der Waals surface area (Å²) in [6, 6.07) is 0. The Labute approximate surface area is 51.0 Å². The third-order valence-corrected chi connectivity index (χ3v) is 1.31. The molecule has 1 fully saturated rings. The quantitative estimate of drug-likeness (QED) is 0.461. The van der Waals surface area contributed by atoms with E-state index in [1.54, 1.807) is 0 Å². The molecule has 1 aliphatic rings. The Morgan fingerprint density at radius 2 is 2.25 bits per heavy atom. The molecule has 1 aliphatic heterocycles. The average molecular weight is 112 g/mol. The second kappa shape index (κ2) is 2.06. The van der Waals surface area contributed by atoms with Crippen LogP contribution >= 0.6 is 0 Å². The van der Waals surface area contributed by atoms with Gasteiger partial charge in [-0.3, -0.25) is 0 Å². The average Bonchev–Trinajstić information content (AvgIpc) is 1.65. The molecule has 0 amide bonds. The summed E-state index contributed by atoms with van der Waals surface area (Å²) in [4.78, 5) is 0. The molecular weight excluding hydrogens is 100 g/mol. The van der Waals surface area contributed by atoms with Gasteiger partial charge in [-0.05, 0) is 18.3 Å². The molecule has 0 bridgehead atoms. The largest absolute Gasteiger partial charge is 0.381 e. The van der Waals surface area contributed by atoms with Crippen molar-refractivity contribution in [1.29, 1.82) is 0 Å². The lowest BCUT2D eigenvalue weighted by Crippen LogP contribution is -2.25. The fraction of sp³-hybridized carbons (Fsp3) is 0.857. The van der Waals surface area contributed by atoms with Crippen LogP contribution in [0.4, 0.5) is 0 Å². The summed E-state index contributed by atoms with van der Waals surface area (Å²) < 4.78 is 5.22. The molecule has 46 valence electrons. The molecule has 8 heavy (non-hydrogen) atoms. The molecule has 0 N–H and O–H groups in total. The lowest BCUT2D eigenvalue weighted by Gasteiger charge is -2.27. The van der Waals surface area contributed by atoms with E-state index < -0.39 is 0 Å². The highest BCUT2D eigenvalue weighted by molar-refractivity contribution is 4.87. The van der Waals surface area contributed by atoms with E-state index in [-0.39, 0.29) is 5.41 Å². The Morgan fingerprint density at radius 1 is 1.50 bits per heavy atom. The van der Waals surface area contributed by atoms with Crippen LogP contribution in [0.1, 0.15) is 20.3 Å². The van der Waals surface area contributed by atoms with Gasteiger partial charge < -0.3 is 4.74 Å². The fourth-order valence-electron chi connectivity index (χ4n) is 0.840. The third-order valence-electron chi connectivity index (χ3n) is 1.31. The topological polar surface area (TPSA) is 9.23 Å². The van der Waals surface area contributed by atoms with Gasteiger partial charge in [-0.1, -0.05) is 13.8 Å². The molecule has 1 heteroatoms. The van der Waals surface area contributed by atoms with Crippen LogP contribution in [-0.4, -0.2) is 13.2 Å². The Hall–Kier alpha value is -0.0400. The minimum Gasteiger partial charge on any atom is -0.381 e. The fourth-order valence-corrected chi connectivity index (χ4v) is 0.840. The minimum atomic E-state index is 0.207. The van der Waals surface area contributed by atoms with Gasteiger partial charge in [-0.2, -0.15) is 0 Å². The van der Waals surface area contributed by atoms with Gasteiger partial charge in [0.2, 0.25) is 0 Å². The van der Waals surface area contributed by atoms with Crippen LogP contribution in [0.2, 0.25) is 0 Å². The SMILES string of the molecule is CC1(C)[C]CCOC1. The Balaban J connectivity index is 2.33. The van der Waals surface area contributed by atoms with E-state index in [0.29, 0.717) is 0 Å². The van der Waals surface area contributed by atoms with Crippen molar-refractivity contribution in [1.82, 2.24) is 0 Å². The Kier molecular flexibility index (Phi) is 1.57. The van der Waals surface area contributed by atoms with E-state index in [0.717, 1.165) is 19.6 Å². The minimum absolute atomic E-state index is 0.207. The van der Waals surface area contributed by atoms with Gasteiger partial charge in [-0.15, -0.1) is 0 Å². The highest BCUT2D eigenvalue weighted by Crippen LogP contribution is 2.24. The van der Waals surface area contributed by atoms with Crippen molar-refractivity contribution < 1.29 is 4.74 Å². The van der Waals surface area contributed by atoms with Gasteiger partial charge >= 0.3 is 0 Å². The Bertz CT molecular complexity index is 68.5. The maximum absolute atomic E-state index is 5.22. The molecule has 2 radical (unpaired) electrons. The molecule has 0 aromatic carbocycles. The van der Waals surface area contributed by atoms with Crippen LogP contribution < -0.4 is 0 Å². The molecule has 0 aromatic rings. The first-order valence-electron chi connectivity index (χ1n) is 3.03. The summed E-state index contributed by atoms with van der Waals surface area (Å²) in [6.45, 7) is 5.99. The molecule has 0 spiro atoms. The molecule has 1 nitrogen and oxygen atoms in total. The van der Waals surface area contributed by atoms with Crippen molar-refractivity contribution in [3.8, 4) is 0 Å². The molecule has 0 aliphatic carbocycles. The zero-order valence-electron chi connectivity index (χ0n) is 5.53. The summed E-state index contributed by atoms with van der Waals surface area (Å²) in [5.74, 6) is 0. The van der Waals surface area contributed by atoms with Gasteiger partial charge in [0.25, 0.3) is 0 Å². The standard InChI is InChI=1S/C7H12O/c1-7(2)4-3-5-8-6-7/h3,5-6H2,1-2H3. The zero-order valence-corrected chi connectivity index (χ0v) is 5.53. The maximum Gasteiger partial charge on any atom is 0.0522 e. The first kappa shape index (κ1) is 6.09. The third kappa shape index (κ3) is 1.48. The predicted octanol–water partition coefficient (Wildman–Crippen LogP) is 1.51. The van der Waals surface area contributed by atoms with Crippen molar-refractivity contribution in [3.63, 3.8) is 0 Å². The van der Waals surface area contributed by atoms with E-state index >= 15 is 0 Å². The second-order valence-electron chi connectivity index (χ2n) is 2.86. The number of hydrogen-bond donors (Lipinski definition) is 0. The molecule has 0 atom stereocenters. The molecule has 1 saturated heterocycles. The van der Waals surface area contributed by atoms with Crippen LogP contribution in [-0.2, 0) is 4.74 Å². The normalized spacial score (nSPS) is 27.8. The van der Waals surface area contributed by atoms with Gasteiger partial charge in [-0.25, -0.2) is 0 Å². The smallest absolute Gasteiger partial charge is 0.0522 e. The van der Waals surface area contributed by atoms with E-state index in [4.69, 9.17) is 4.74 Å². The van der Waals surface area contributed by atoms with Crippen LogP contribution in [0.3, 0.4) is 0 Å². The second-order valence-corrected chi connectivity index (χ2v) is 2.86. The number of rotatable bonds is 0. The number of ether oxygens (including phenoxy) is 1. The van der Waals surface area contributed by atoms with Crippen LogP contribution in [0, 0.1) is 11.8 Å². The van der Waals surface area contributed by atoms with Crippen molar-refractivity contribution in [2.45, 2.75) is 20.3 Å². The van der Waals surface area contributed by atoms with E-state index in [1.165, 1.54) is 0 Å². The molecule has 1 heterocycles. The zero-order chi connectivity index (χ0) is 6.04. The van der Waals surface area contributed by atoms with E-state index in [2.05, 4.69) is 20.3 Å². The van der Waals surface area contributed by atoms with Gasteiger partial charge in [0, 0.05) is 6.61 Å². The first-order valence-corrected chi connectivity index (χ1v) is 3.03. The van der Waals surface area contributed by atoms with Gasteiger partial charge in [0.1, 0.15) is 0 Å². The maximum atomic E-state index is 5.22. The lowest BCUT2D eigenvalue weighted by molar-refractivity contribution is 0.0456. The lowest BCUT2D eigenvalue weighted by atomic mass is 9.87. The summed E-state index contributed by atoms with van der Waals surface area (Å²) >= 11 is 0. The molecular formula is C7H12O. The van der Waals surface area contributed by atoms with Crippen LogP contribution in [0.15, 0.2) is 0 Å². The predicted molar refractivity (Wildman–Crippen MR) is 32.5 cm³/mol. The van der Waals surface area contributed by atoms with Crippen LogP contribution in [0.5, 0.6) is 0 Å². The molecule has 0 saturated carbocycles. The van der Waals surface area contributed by atoms with E-state index in [1.807, 2.05) is 0 Å². The van der Waals surface area contributed by atoms with Crippen molar-refractivity contribution in [2.24, 2.45) is 5.41 Å².